The van der Waals surface area contributed by atoms with Crippen LogP contribution in [0.2, 0.25) is 0 Å². The van der Waals surface area contributed by atoms with E-state index < -0.39 is 32.3 Å². The summed E-state index contributed by atoms with van der Waals surface area (Å²) < 4.78 is 76.1. The molecule has 0 spiro atoms. The topological polar surface area (TPSA) is 155 Å². The first-order chi connectivity index (χ1) is 23.3. The van der Waals surface area contributed by atoms with Crippen molar-refractivity contribution in [3.8, 4) is 23.0 Å². The lowest BCUT2D eigenvalue weighted by molar-refractivity contribution is -0.0616. The van der Waals surface area contributed by atoms with Gasteiger partial charge in [-0.1, -0.05) is 6.58 Å². The normalized spacial score (nSPS) is 12.2. The molecule has 0 aliphatic carbocycles. The van der Waals surface area contributed by atoms with Crippen LogP contribution in [0.3, 0.4) is 0 Å². The van der Waals surface area contributed by atoms with Gasteiger partial charge in [0.1, 0.15) is 23.0 Å². The Hall–Kier alpha value is -4.56. The summed E-state index contributed by atoms with van der Waals surface area (Å²) in [7, 11) is -7.22. The van der Waals surface area contributed by atoms with Crippen LogP contribution in [-0.2, 0) is 33.9 Å². The van der Waals surface area contributed by atoms with Gasteiger partial charge in [0.25, 0.3) is 0 Å². The average molecular weight is 717 g/mol. The van der Waals surface area contributed by atoms with Crippen molar-refractivity contribution in [2.24, 2.45) is 0 Å². The third-order valence-corrected chi connectivity index (χ3v) is 9.82. The summed E-state index contributed by atoms with van der Waals surface area (Å²) in [6.45, 7) is 14.4. The Morgan fingerprint density at radius 3 is 1.06 bits per heavy atom. The third-order valence-electron chi connectivity index (χ3n) is 6.25. The highest BCUT2D eigenvalue weighted by Crippen LogP contribution is 2.26. The minimum absolute atomic E-state index is 0.00894. The second-order valence-electron chi connectivity index (χ2n) is 9.84. The predicted octanol–water partition coefficient (Wildman–Crippen LogP) is 7.14. The fraction of sp³-hybridized carbons (Fsp3) is 0.278. The molecule has 0 aliphatic heterocycles. The van der Waals surface area contributed by atoms with Crippen molar-refractivity contribution < 1.29 is 50.7 Å². The molecule has 0 fully saturated rings. The zero-order valence-electron chi connectivity index (χ0n) is 28.2. The molecule has 0 bridgehead atoms. The Morgan fingerprint density at radius 2 is 0.837 bits per heavy atom. The van der Waals surface area contributed by atoms with E-state index in [9.17, 15) is 16.8 Å². The minimum Gasteiger partial charge on any atom is -0.508 e. The van der Waals surface area contributed by atoms with Crippen LogP contribution in [-0.4, -0.2) is 59.4 Å². The van der Waals surface area contributed by atoms with Crippen LogP contribution in [0.15, 0.2) is 129 Å². The SMILES string of the molecule is C=COCC.CCOC(C)Oc1ccc(S(=O)(=O)c2ccc(OC(C)OCC)cc2)cc1.O=S(=O)(c1ccc(O)cc1)c1ccc(O)cc1. The molecule has 2 atom stereocenters. The number of benzene rings is 4. The molecule has 4 aromatic rings. The lowest BCUT2D eigenvalue weighted by atomic mass is 10.3. The molecule has 2 unspecified atom stereocenters. The molecule has 266 valence electrons. The monoisotopic (exact) mass is 716 g/mol. The van der Waals surface area contributed by atoms with Gasteiger partial charge in [-0.3, -0.25) is 0 Å². The van der Waals surface area contributed by atoms with E-state index in [0.717, 1.165) is 6.61 Å². The summed E-state index contributed by atoms with van der Waals surface area (Å²) in [6.07, 6.45) is 0.633. The highest BCUT2D eigenvalue weighted by Gasteiger charge is 2.19. The Balaban J connectivity index is 0.000000321. The molecular weight excluding hydrogens is 673 g/mol. The number of rotatable bonds is 14. The van der Waals surface area contributed by atoms with Crippen molar-refractivity contribution in [1.82, 2.24) is 0 Å². The first-order valence-corrected chi connectivity index (χ1v) is 18.3. The maximum Gasteiger partial charge on any atom is 0.206 e. The molecule has 0 saturated heterocycles. The maximum absolute atomic E-state index is 12.8. The van der Waals surface area contributed by atoms with Gasteiger partial charge in [-0.2, -0.15) is 0 Å². The number of phenolic OH excluding ortho intramolecular Hbond substituents is 2. The van der Waals surface area contributed by atoms with Crippen LogP contribution in [0.1, 0.15) is 34.6 Å². The van der Waals surface area contributed by atoms with Gasteiger partial charge in [0, 0.05) is 13.2 Å². The smallest absolute Gasteiger partial charge is 0.206 e. The van der Waals surface area contributed by atoms with Gasteiger partial charge in [-0.25, -0.2) is 16.8 Å². The Kier molecular flexibility index (Phi) is 16.6. The molecule has 0 radical (unpaired) electrons. The highest BCUT2D eigenvalue weighted by atomic mass is 32.2. The third kappa shape index (κ3) is 13.1. The number of sulfone groups is 2. The number of aromatic hydroxyl groups is 2. The molecule has 4 rings (SSSR count). The second kappa shape index (κ2) is 20.1. The van der Waals surface area contributed by atoms with Crippen LogP contribution in [0.5, 0.6) is 23.0 Å². The predicted molar refractivity (Wildman–Crippen MR) is 185 cm³/mol. The van der Waals surface area contributed by atoms with Crippen molar-refractivity contribution in [2.45, 2.75) is 66.8 Å². The zero-order valence-corrected chi connectivity index (χ0v) is 29.8. The van der Waals surface area contributed by atoms with E-state index in [1.165, 1.54) is 79.1 Å². The van der Waals surface area contributed by atoms with Gasteiger partial charge < -0.3 is 33.9 Å². The van der Waals surface area contributed by atoms with Crippen molar-refractivity contribution in [2.75, 3.05) is 19.8 Å². The fourth-order valence-electron chi connectivity index (χ4n) is 3.96. The Bertz CT molecular complexity index is 1640. The molecule has 0 aromatic heterocycles. The molecular formula is C36H44O11S2. The van der Waals surface area contributed by atoms with Crippen molar-refractivity contribution in [3.05, 3.63) is 110 Å². The first-order valence-electron chi connectivity index (χ1n) is 15.4. The van der Waals surface area contributed by atoms with Crippen LogP contribution >= 0.6 is 0 Å². The summed E-state index contributed by atoms with van der Waals surface area (Å²) in [4.78, 5) is 0.576. The highest BCUT2D eigenvalue weighted by molar-refractivity contribution is 7.91. The van der Waals surface area contributed by atoms with E-state index in [4.69, 9.17) is 29.2 Å². The van der Waals surface area contributed by atoms with Crippen molar-refractivity contribution in [3.63, 3.8) is 0 Å². The standard InChI is InChI=1S/C20H26O6S.C12H10O4S.C4H8O/c1-5-23-15(3)25-17-7-11-19(12-8-17)27(21,22)20-13-9-18(10-14-20)26-16(4)24-6-2;13-9-1-5-11(6-2-9)17(15,16)12-7-3-10(14)4-8-12;1-3-5-4-2/h7-16H,5-6H2,1-4H3;1-8,13-14H;3H,1,4H2,2H3. The van der Waals surface area contributed by atoms with E-state index in [1.54, 1.807) is 38.1 Å². The first kappa shape index (κ1) is 40.6. The van der Waals surface area contributed by atoms with Crippen LogP contribution in [0.4, 0.5) is 0 Å². The van der Waals surface area contributed by atoms with E-state index in [2.05, 4.69) is 11.3 Å². The fourth-order valence-corrected chi connectivity index (χ4v) is 6.48. The molecule has 0 amide bonds. The van der Waals surface area contributed by atoms with Crippen LogP contribution < -0.4 is 9.47 Å². The number of phenols is 2. The largest absolute Gasteiger partial charge is 0.508 e. The zero-order chi connectivity index (χ0) is 36.5. The van der Waals surface area contributed by atoms with Crippen LogP contribution in [0, 0.1) is 0 Å². The molecule has 0 aliphatic rings. The Labute approximate surface area is 289 Å². The molecule has 0 heterocycles. The molecule has 13 heteroatoms. The van der Waals surface area contributed by atoms with Gasteiger partial charge in [0.15, 0.2) is 12.6 Å². The van der Waals surface area contributed by atoms with E-state index in [0.29, 0.717) is 24.7 Å². The molecule has 11 nitrogen and oxygen atoms in total. The second-order valence-corrected chi connectivity index (χ2v) is 13.7. The molecule has 2 N–H and O–H groups in total. The Morgan fingerprint density at radius 1 is 0.551 bits per heavy atom. The van der Waals surface area contributed by atoms with Crippen LogP contribution in [0.25, 0.3) is 0 Å². The summed E-state index contributed by atoms with van der Waals surface area (Å²) in [6, 6.07) is 23.1. The van der Waals surface area contributed by atoms with E-state index >= 15 is 0 Å². The maximum atomic E-state index is 12.8. The quantitative estimate of drug-likeness (QED) is 0.101. The van der Waals surface area contributed by atoms with Gasteiger partial charge in [-0.05, 0) is 132 Å². The average Bonchev–Trinajstić information content (AvgIpc) is 3.07. The minimum atomic E-state index is -3.62. The molecule has 4 aromatic carbocycles. The van der Waals surface area contributed by atoms with Crippen molar-refractivity contribution >= 4 is 19.7 Å². The summed E-state index contributed by atoms with van der Waals surface area (Å²) >= 11 is 0. The lowest BCUT2D eigenvalue weighted by Crippen LogP contribution is -2.16. The van der Waals surface area contributed by atoms with E-state index in [-0.39, 0.29) is 31.1 Å². The van der Waals surface area contributed by atoms with Crippen molar-refractivity contribution in [1.29, 1.82) is 0 Å². The van der Waals surface area contributed by atoms with Gasteiger partial charge in [0.05, 0.1) is 32.5 Å². The van der Waals surface area contributed by atoms with Gasteiger partial charge in [0.2, 0.25) is 19.7 Å². The van der Waals surface area contributed by atoms with Gasteiger partial charge in [-0.15, -0.1) is 0 Å². The number of hydrogen-bond donors (Lipinski definition) is 2. The number of ether oxygens (including phenoxy) is 5. The molecule has 49 heavy (non-hydrogen) atoms. The van der Waals surface area contributed by atoms with E-state index in [1.807, 2.05) is 20.8 Å². The molecule has 0 saturated carbocycles. The summed E-state index contributed by atoms with van der Waals surface area (Å²) in [5, 5.41) is 18.2. The lowest BCUT2D eigenvalue weighted by Gasteiger charge is -2.15. The van der Waals surface area contributed by atoms with Gasteiger partial charge >= 0.3 is 0 Å². The number of hydrogen-bond acceptors (Lipinski definition) is 11. The summed E-state index contributed by atoms with van der Waals surface area (Å²) in [5.41, 5.74) is 0. The summed E-state index contributed by atoms with van der Waals surface area (Å²) in [5.74, 6) is 1.11.